The lowest BCUT2D eigenvalue weighted by Crippen LogP contribution is -2.30. The van der Waals surface area contributed by atoms with Gasteiger partial charge in [0.05, 0.1) is 7.11 Å². The molecule has 0 atom stereocenters. The van der Waals surface area contributed by atoms with Crippen LogP contribution in [0.1, 0.15) is 31.8 Å². The Bertz CT molecular complexity index is 1810. The van der Waals surface area contributed by atoms with Gasteiger partial charge >= 0.3 is 0 Å². The third kappa shape index (κ3) is 7.63. The Labute approximate surface area is 256 Å². The molecule has 2 amide bonds. The highest BCUT2D eigenvalue weighted by molar-refractivity contribution is 6.11. The summed E-state index contributed by atoms with van der Waals surface area (Å²) in [6.45, 7) is 0. The lowest BCUT2D eigenvalue weighted by atomic mass is 10.0. The Morgan fingerprint density at radius 1 is 0.636 bits per heavy atom. The van der Waals surface area contributed by atoms with E-state index in [4.69, 9.17) is 4.74 Å². The Kier molecular flexibility index (Phi) is 9.55. The summed E-state index contributed by atoms with van der Waals surface area (Å²) in [6.07, 6.45) is 4.82. The van der Waals surface area contributed by atoms with Crippen molar-refractivity contribution in [3.05, 3.63) is 167 Å². The molecule has 5 rings (SSSR count). The van der Waals surface area contributed by atoms with Gasteiger partial charge in [-0.25, -0.2) is 0 Å². The zero-order valence-electron chi connectivity index (χ0n) is 24.1. The van der Waals surface area contributed by atoms with E-state index in [0.717, 1.165) is 22.3 Å². The van der Waals surface area contributed by atoms with Crippen LogP contribution in [0.15, 0.2) is 145 Å². The molecule has 0 aliphatic heterocycles. The number of carbonyl (C=O) groups is 3. The van der Waals surface area contributed by atoms with E-state index in [-0.39, 0.29) is 11.5 Å². The number of amides is 2. The van der Waals surface area contributed by atoms with Gasteiger partial charge in [-0.05, 0) is 77.4 Å². The highest BCUT2D eigenvalue weighted by Crippen LogP contribution is 2.21. The van der Waals surface area contributed by atoms with Crippen molar-refractivity contribution >= 4 is 35.4 Å². The van der Waals surface area contributed by atoms with Crippen LogP contribution in [0, 0.1) is 0 Å². The van der Waals surface area contributed by atoms with Crippen molar-refractivity contribution in [1.29, 1.82) is 0 Å². The fourth-order valence-corrected chi connectivity index (χ4v) is 4.49. The van der Waals surface area contributed by atoms with E-state index in [1.165, 1.54) is 6.08 Å². The third-order valence-electron chi connectivity index (χ3n) is 6.84. The Hall–Kier alpha value is -6.01. The predicted molar refractivity (Wildman–Crippen MR) is 175 cm³/mol. The number of ketones is 1. The van der Waals surface area contributed by atoms with Gasteiger partial charge in [-0.15, -0.1) is 0 Å². The quantitative estimate of drug-likeness (QED) is 0.132. The molecule has 0 saturated heterocycles. The first kappa shape index (κ1) is 29.5. The normalized spacial score (nSPS) is 11.2. The molecule has 5 aromatic rings. The summed E-state index contributed by atoms with van der Waals surface area (Å²) in [7, 11) is 1.58. The molecule has 2 N–H and O–H groups in total. The van der Waals surface area contributed by atoms with Crippen LogP contribution in [0.3, 0.4) is 0 Å². The minimum atomic E-state index is -0.503. The molecule has 6 nitrogen and oxygen atoms in total. The number of carbonyl (C=O) groups excluding carboxylic acids is 3. The van der Waals surface area contributed by atoms with Crippen LogP contribution in [0.5, 0.6) is 5.75 Å². The number of ether oxygens (including phenoxy) is 1. The Morgan fingerprint density at radius 2 is 1.25 bits per heavy atom. The van der Waals surface area contributed by atoms with Gasteiger partial charge in [0, 0.05) is 22.4 Å². The summed E-state index contributed by atoms with van der Waals surface area (Å²) >= 11 is 0. The number of hydrogen-bond donors (Lipinski definition) is 2. The first-order valence-corrected chi connectivity index (χ1v) is 14.0. The second-order valence-corrected chi connectivity index (χ2v) is 9.84. The van der Waals surface area contributed by atoms with Crippen molar-refractivity contribution in [2.75, 3.05) is 12.4 Å². The number of anilines is 1. The predicted octanol–water partition coefficient (Wildman–Crippen LogP) is 7.67. The maximum atomic E-state index is 13.4. The van der Waals surface area contributed by atoms with Gasteiger partial charge < -0.3 is 15.4 Å². The second-order valence-electron chi connectivity index (χ2n) is 9.84. The SMILES string of the molecule is COc1ccccc1/C=C/C(=O)c1ccc(NC(=O)/C(=C/c2ccc(-c3ccccc3)cc2)NC(=O)c2ccccc2)cc1. The highest BCUT2D eigenvalue weighted by atomic mass is 16.5. The molecule has 0 aromatic heterocycles. The van der Waals surface area contributed by atoms with Crippen molar-refractivity contribution in [1.82, 2.24) is 5.32 Å². The standard InChI is InChI=1S/C38H30N2O4/c1-44-36-15-9-8-12-31(36)22-25-35(41)30-20-23-33(24-21-30)39-38(43)34(40-37(42)32-13-6-3-7-14-32)26-27-16-18-29(19-17-27)28-10-4-2-5-11-28/h2-26H,1H3,(H,39,43)(H,40,42)/b25-22+,34-26-. The minimum absolute atomic E-state index is 0.0752. The second kappa shape index (κ2) is 14.2. The summed E-state index contributed by atoms with van der Waals surface area (Å²) in [5, 5.41) is 5.58. The number of allylic oxidation sites excluding steroid dienone is 1. The van der Waals surface area contributed by atoms with Gasteiger partial charge in [0.25, 0.3) is 11.8 Å². The Morgan fingerprint density at radius 3 is 1.93 bits per heavy atom. The van der Waals surface area contributed by atoms with Crippen molar-refractivity contribution < 1.29 is 19.1 Å². The monoisotopic (exact) mass is 578 g/mol. The molecule has 0 aliphatic carbocycles. The molecule has 216 valence electrons. The smallest absolute Gasteiger partial charge is 0.272 e. The number of hydrogen-bond acceptors (Lipinski definition) is 4. The first-order valence-electron chi connectivity index (χ1n) is 14.0. The zero-order chi connectivity index (χ0) is 30.7. The average molecular weight is 579 g/mol. The molecule has 0 bridgehead atoms. The van der Waals surface area contributed by atoms with Gasteiger partial charge in [0.1, 0.15) is 11.4 Å². The molecule has 0 aliphatic rings. The van der Waals surface area contributed by atoms with Crippen molar-refractivity contribution in [2.24, 2.45) is 0 Å². The number of benzene rings is 5. The summed E-state index contributed by atoms with van der Waals surface area (Å²) < 4.78 is 5.33. The van der Waals surface area contributed by atoms with Crippen LogP contribution in [0.4, 0.5) is 5.69 Å². The Balaban J connectivity index is 1.33. The van der Waals surface area contributed by atoms with Gasteiger partial charge in [0.2, 0.25) is 0 Å². The summed E-state index contributed by atoms with van der Waals surface area (Å²) in [5.74, 6) is -0.430. The lowest BCUT2D eigenvalue weighted by Gasteiger charge is -2.12. The highest BCUT2D eigenvalue weighted by Gasteiger charge is 2.15. The molecular formula is C38H30N2O4. The van der Waals surface area contributed by atoms with E-state index in [1.54, 1.807) is 67.8 Å². The van der Waals surface area contributed by atoms with E-state index in [0.29, 0.717) is 22.6 Å². The van der Waals surface area contributed by atoms with Gasteiger partial charge in [-0.1, -0.05) is 91.0 Å². The molecule has 0 fully saturated rings. The molecule has 0 spiro atoms. The number of nitrogens with one attached hydrogen (secondary N) is 2. The van der Waals surface area contributed by atoms with E-state index in [9.17, 15) is 14.4 Å². The fourth-order valence-electron chi connectivity index (χ4n) is 4.49. The number of para-hydroxylation sites is 1. The lowest BCUT2D eigenvalue weighted by molar-refractivity contribution is -0.113. The van der Waals surface area contributed by atoms with E-state index in [2.05, 4.69) is 10.6 Å². The van der Waals surface area contributed by atoms with Crippen LogP contribution in [0.25, 0.3) is 23.3 Å². The van der Waals surface area contributed by atoms with Crippen molar-refractivity contribution in [2.45, 2.75) is 0 Å². The summed E-state index contributed by atoms with van der Waals surface area (Å²) in [5.41, 5.74) is 5.08. The van der Waals surface area contributed by atoms with Crippen LogP contribution < -0.4 is 15.4 Å². The van der Waals surface area contributed by atoms with Gasteiger partial charge in [-0.3, -0.25) is 14.4 Å². The van der Waals surface area contributed by atoms with E-state index in [1.807, 2.05) is 84.9 Å². The molecule has 0 heterocycles. The largest absolute Gasteiger partial charge is 0.496 e. The zero-order valence-corrected chi connectivity index (χ0v) is 24.1. The molecule has 0 unspecified atom stereocenters. The van der Waals surface area contributed by atoms with Crippen LogP contribution in [0.2, 0.25) is 0 Å². The molecule has 44 heavy (non-hydrogen) atoms. The van der Waals surface area contributed by atoms with Crippen LogP contribution in [-0.4, -0.2) is 24.7 Å². The molecule has 6 heteroatoms. The van der Waals surface area contributed by atoms with Crippen LogP contribution in [-0.2, 0) is 4.79 Å². The molecular weight excluding hydrogens is 548 g/mol. The van der Waals surface area contributed by atoms with E-state index < -0.39 is 11.8 Å². The van der Waals surface area contributed by atoms with Gasteiger partial charge in [0.15, 0.2) is 5.78 Å². The fraction of sp³-hybridized carbons (Fsp3) is 0.0263. The van der Waals surface area contributed by atoms with Crippen molar-refractivity contribution in [3.63, 3.8) is 0 Å². The number of methoxy groups -OCH3 is 1. The van der Waals surface area contributed by atoms with Crippen molar-refractivity contribution in [3.8, 4) is 16.9 Å². The van der Waals surface area contributed by atoms with E-state index >= 15 is 0 Å². The van der Waals surface area contributed by atoms with Crippen LogP contribution >= 0.6 is 0 Å². The summed E-state index contributed by atoms with van der Waals surface area (Å²) in [4.78, 5) is 39.2. The number of rotatable bonds is 10. The molecule has 0 saturated carbocycles. The van der Waals surface area contributed by atoms with Gasteiger partial charge in [-0.2, -0.15) is 0 Å². The minimum Gasteiger partial charge on any atom is -0.496 e. The first-order chi connectivity index (χ1) is 21.5. The maximum Gasteiger partial charge on any atom is 0.272 e. The topological polar surface area (TPSA) is 84.5 Å². The molecule has 0 radical (unpaired) electrons. The maximum absolute atomic E-state index is 13.4. The molecule has 5 aromatic carbocycles. The third-order valence-corrected chi connectivity index (χ3v) is 6.84. The summed E-state index contributed by atoms with van der Waals surface area (Å²) in [6, 6.07) is 40.4. The average Bonchev–Trinajstić information content (AvgIpc) is 3.08.